The highest BCUT2D eigenvalue weighted by atomic mass is 16.1. The molecule has 4 nitrogen and oxygen atoms in total. The number of rotatable bonds is 6. The predicted molar refractivity (Wildman–Crippen MR) is 109 cm³/mol. The summed E-state index contributed by atoms with van der Waals surface area (Å²) in [5.74, 6) is -0.0380. The summed E-state index contributed by atoms with van der Waals surface area (Å²) in [6, 6.07) is 17.8. The third-order valence-electron chi connectivity index (χ3n) is 4.58. The first kappa shape index (κ1) is 18.0. The van der Waals surface area contributed by atoms with Crippen LogP contribution in [0.25, 0.3) is 22.2 Å². The normalized spacial score (nSPS) is 12.5. The van der Waals surface area contributed by atoms with Crippen molar-refractivity contribution in [1.82, 2.24) is 9.88 Å². The first-order valence-electron chi connectivity index (χ1n) is 8.80. The molecule has 0 saturated heterocycles. The molecule has 4 heteroatoms. The lowest BCUT2D eigenvalue weighted by atomic mass is 9.96. The van der Waals surface area contributed by atoms with Crippen LogP contribution in [0.2, 0.25) is 0 Å². The first-order chi connectivity index (χ1) is 12.5. The fraction of sp³-hybridized carbons (Fsp3) is 0.227. The summed E-state index contributed by atoms with van der Waals surface area (Å²) in [5, 5.41) is 1.14. The van der Waals surface area contributed by atoms with E-state index in [1.54, 1.807) is 6.92 Å². The average Bonchev–Trinajstić information content (AvgIpc) is 2.98. The molecule has 26 heavy (non-hydrogen) atoms. The fourth-order valence-electron chi connectivity index (χ4n) is 3.27. The fourth-order valence-corrected chi connectivity index (χ4v) is 3.27. The van der Waals surface area contributed by atoms with E-state index in [9.17, 15) is 4.79 Å². The van der Waals surface area contributed by atoms with Gasteiger partial charge in [-0.3, -0.25) is 4.79 Å². The van der Waals surface area contributed by atoms with Crippen LogP contribution in [-0.2, 0) is 11.2 Å². The van der Waals surface area contributed by atoms with E-state index in [0.717, 1.165) is 40.7 Å². The molecular formula is C22H25N3O. The van der Waals surface area contributed by atoms with Gasteiger partial charge in [-0.2, -0.15) is 0 Å². The van der Waals surface area contributed by atoms with Crippen LogP contribution in [0.15, 0.2) is 54.6 Å². The van der Waals surface area contributed by atoms with Crippen LogP contribution in [0.1, 0.15) is 23.7 Å². The minimum Gasteiger partial charge on any atom is -0.398 e. The lowest BCUT2D eigenvalue weighted by Gasteiger charge is -2.13. The standard InChI is InChI=1S/C22H25N3O/c1-15(26)20(21(23)16-9-5-4-6-10-16)22-18(13-14-25(2)3)17-11-7-8-12-19(17)24-22/h4-12,24H,13-14,23H2,1-3H3/b21-20-. The molecule has 1 aromatic heterocycles. The molecule has 3 N–H and O–H groups in total. The van der Waals surface area contributed by atoms with Crippen LogP contribution < -0.4 is 5.73 Å². The number of nitrogens with zero attached hydrogens (tertiary/aromatic N) is 1. The monoisotopic (exact) mass is 347 g/mol. The minimum absolute atomic E-state index is 0.0380. The number of para-hydroxylation sites is 1. The van der Waals surface area contributed by atoms with Crippen molar-refractivity contribution < 1.29 is 4.79 Å². The summed E-state index contributed by atoms with van der Waals surface area (Å²) in [7, 11) is 4.10. The second-order valence-corrected chi connectivity index (χ2v) is 6.79. The molecule has 134 valence electrons. The summed E-state index contributed by atoms with van der Waals surface area (Å²) in [4.78, 5) is 18.1. The third kappa shape index (κ3) is 3.55. The zero-order valence-corrected chi connectivity index (χ0v) is 15.5. The van der Waals surface area contributed by atoms with Crippen LogP contribution in [0.4, 0.5) is 0 Å². The van der Waals surface area contributed by atoms with Gasteiger partial charge in [-0.25, -0.2) is 0 Å². The van der Waals surface area contributed by atoms with E-state index in [-0.39, 0.29) is 5.78 Å². The Morgan fingerprint density at radius 3 is 2.35 bits per heavy atom. The van der Waals surface area contributed by atoms with Crippen LogP contribution in [-0.4, -0.2) is 36.3 Å². The number of Topliss-reactive ketones (excluding diaryl/α,β-unsaturated/α-hetero) is 1. The lowest BCUT2D eigenvalue weighted by Crippen LogP contribution is -2.16. The molecule has 0 radical (unpaired) electrons. The Morgan fingerprint density at radius 2 is 1.69 bits per heavy atom. The summed E-state index contributed by atoms with van der Waals surface area (Å²) >= 11 is 0. The van der Waals surface area contributed by atoms with Gasteiger partial charge in [-0.15, -0.1) is 0 Å². The number of aromatic nitrogens is 1. The molecule has 0 aliphatic carbocycles. The van der Waals surface area contributed by atoms with Crippen LogP contribution >= 0.6 is 0 Å². The Hall–Kier alpha value is -2.85. The number of aromatic amines is 1. The van der Waals surface area contributed by atoms with Gasteiger partial charge in [0.1, 0.15) is 0 Å². The highest BCUT2D eigenvalue weighted by Gasteiger charge is 2.21. The molecule has 0 unspecified atom stereocenters. The maximum atomic E-state index is 12.6. The van der Waals surface area contributed by atoms with Crippen molar-refractivity contribution in [3.63, 3.8) is 0 Å². The van der Waals surface area contributed by atoms with Crippen molar-refractivity contribution in [2.24, 2.45) is 5.73 Å². The molecular weight excluding hydrogens is 322 g/mol. The van der Waals surface area contributed by atoms with Gasteiger partial charge < -0.3 is 15.6 Å². The lowest BCUT2D eigenvalue weighted by molar-refractivity contribution is -0.111. The largest absolute Gasteiger partial charge is 0.398 e. The number of allylic oxidation sites excluding steroid dienone is 1. The van der Waals surface area contributed by atoms with Crippen molar-refractivity contribution >= 4 is 28.0 Å². The summed E-state index contributed by atoms with van der Waals surface area (Å²) in [6.45, 7) is 2.47. The van der Waals surface area contributed by atoms with Gasteiger partial charge in [0.15, 0.2) is 5.78 Å². The minimum atomic E-state index is -0.0380. The molecule has 0 saturated carbocycles. The second-order valence-electron chi connectivity index (χ2n) is 6.79. The van der Waals surface area contributed by atoms with Gasteiger partial charge in [-0.1, -0.05) is 48.5 Å². The Bertz CT molecular complexity index is 952. The van der Waals surface area contributed by atoms with Crippen molar-refractivity contribution in [3.05, 3.63) is 71.4 Å². The smallest absolute Gasteiger partial charge is 0.164 e. The first-order valence-corrected chi connectivity index (χ1v) is 8.80. The number of ketones is 1. The molecule has 3 aromatic rings. The molecule has 0 fully saturated rings. The van der Waals surface area contributed by atoms with Crippen LogP contribution in [0, 0.1) is 0 Å². The highest BCUT2D eigenvalue weighted by molar-refractivity contribution is 6.27. The number of nitrogens with one attached hydrogen (secondary N) is 1. The quantitative estimate of drug-likeness (QED) is 0.669. The molecule has 0 spiro atoms. The van der Waals surface area contributed by atoms with Gasteiger partial charge in [0.25, 0.3) is 0 Å². The topological polar surface area (TPSA) is 62.1 Å². The van der Waals surface area contributed by atoms with E-state index in [4.69, 9.17) is 5.73 Å². The highest BCUT2D eigenvalue weighted by Crippen LogP contribution is 2.31. The number of benzene rings is 2. The van der Waals surface area contributed by atoms with E-state index < -0.39 is 0 Å². The predicted octanol–water partition coefficient (Wildman–Crippen LogP) is 3.69. The van der Waals surface area contributed by atoms with Crippen molar-refractivity contribution in [2.75, 3.05) is 20.6 Å². The Balaban J connectivity index is 2.23. The number of hydrogen-bond acceptors (Lipinski definition) is 3. The number of carbonyl (C=O) groups is 1. The van der Waals surface area contributed by atoms with E-state index >= 15 is 0 Å². The van der Waals surface area contributed by atoms with Gasteiger partial charge in [0.05, 0.1) is 17.0 Å². The van der Waals surface area contributed by atoms with E-state index in [0.29, 0.717) is 11.3 Å². The molecule has 0 aliphatic heterocycles. The van der Waals surface area contributed by atoms with Crippen LogP contribution in [0.3, 0.4) is 0 Å². The van der Waals surface area contributed by atoms with Crippen molar-refractivity contribution in [3.8, 4) is 0 Å². The number of nitrogens with two attached hydrogens (primary N) is 1. The van der Waals surface area contributed by atoms with Gasteiger partial charge >= 0.3 is 0 Å². The Labute approximate surface area is 154 Å². The second kappa shape index (κ2) is 7.58. The third-order valence-corrected chi connectivity index (χ3v) is 4.58. The Morgan fingerprint density at radius 1 is 1.04 bits per heavy atom. The average molecular weight is 347 g/mol. The molecule has 2 aromatic carbocycles. The number of likely N-dealkylation sites (N-methyl/N-ethyl adjacent to an activating group) is 1. The summed E-state index contributed by atoms with van der Waals surface area (Å²) < 4.78 is 0. The van der Waals surface area contributed by atoms with Crippen molar-refractivity contribution in [2.45, 2.75) is 13.3 Å². The number of H-pyrrole nitrogens is 1. The van der Waals surface area contributed by atoms with E-state index in [1.807, 2.05) is 48.5 Å². The molecule has 0 aliphatic rings. The van der Waals surface area contributed by atoms with E-state index in [1.165, 1.54) is 0 Å². The van der Waals surface area contributed by atoms with Crippen LogP contribution in [0.5, 0.6) is 0 Å². The zero-order chi connectivity index (χ0) is 18.7. The number of fused-ring (bicyclic) bond motifs is 1. The van der Waals surface area contributed by atoms with Crippen molar-refractivity contribution in [1.29, 1.82) is 0 Å². The van der Waals surface area contributed by atoms with Gasteiger partial charge in [-0.05, 0) is 44.6 Å². The molecule has 0 bridgehead atoms. The maximum Gasteiger partial charge on any atom is 0.164 e. The molecule has 3 rings (SSSR count). The number of hydrogen-bond donors (Lipinski definition) is 2. The van der Waals surface area contributed by atoms with E-state index in [2.05, 4.69) is 30.0 Å². The van der Waals surface area contributed by atoms with Gasteiger partial charge in [0.2, 0.25) is 0 Å². The molecule has 1 heterocycles. The maximum absolute atomic E-state index is 12.6. The Kier molecular flexibility index (Phi) is 5.24. The summed E-state index contributed by atoms with van der Waals surface area (Å²) in [5.41, 5.74) is 11.4. The number of carbonyl (C=O) groups excluding carboxylic acids is 1. The SMILES string of the molecule is CC(=O)/C(=C(/N)c1ccccc1)c1[nH]c2ccccc2c1CCN(C)C. The molecule has 0 amide bonds. The zero-order valence-electron chi connectivity index (χ0n) is 15.5. The summed E-state index contributed by atoms with van der Waals surface area (Å²) in [6.07, 6.45) is 0.838. The van der Waals surface area contributed by atoms with Gasteiger partial charge in [0, 0.05) is 17.4 Å². The molecule has 0 atom stereocenters.